The molecule has 0 aliphatic carbocycles. The highest BCUT2D eigenvalue weighted by Gasteiger charge is 2.29. The summed E-state index contributed by atoms with van der Waals surface area (Å²) in [5.74, 6) is -2.18. The van der Waals surface area contributed by atoms with E-state index >= 15 is 0 Å². The molecule has 3 unspecified atom stereocenters. The van der Waals surface area contributed by atoms with E-state index in [0.29, 0.717) is 23.4 Å². The smallest absolute Gasteiger partial charge is 0.329 e. The highest BCUT2D eigenvalue weighted by atomic mass is 33.1. The van der Waals surface area contributed by atoms with Crippen molar-refractivity contribution in [2.75, 3.05) is 36.4 Å². The lowest BCUT2D eigenvalue weighted by atomic mass is 9.92. The number of amides is 5. The summed E-state index contributed by atoms with van der Waals surface area (Å²) in [4.78, 5) is 76.0. The van der Waals surface area contributed by atoms with Crippen LogP contribution >= 0.6 is 21.6 Å². The predicted octanol–water partition coefficient (Wildman–Crippen LogP) is 4.54. The Kier molecular flexibility index (Phi) is 17.7. The Balaban J connectivity index is 1.96. The zero-order chi connectivity index (χ0) is 37.3. The molecule has 50 heavy (non-hydrogen) atoms. The first-order valence-electron chi connectivity index (χ1n) is 16.1. The molecule has 0 spiro atoms. The highest BCUT2D eigenvalue weighted by Crippen LogP contribution is 2.24. The fraction of sp³-hybridized carbons (Fsp3) is 0.486. The van der Waals surface area contributed by atoms with Gasteiger partial charge in [0.05, 0.1) is 20.6 Å². The van der Waals surface area contributed by atoms with Crippen LogP contribution in [0.3, 0.4) is 0 Å². The van der Waals surface area contributed by atoms with Gasteiger partial charge in [-0.05, 0) is 47.6 Å². The summed E-state index contributed by atoms with van der Waals surface area (Å²) in [5.41, 5.74) is 1.59. The van der Waals surface area contributed by atoms with Gasteiger partial charge in [-0.3, -0.25) is 14.4 Å². The van der Waals surface area contributed by atoms with Gasteiger partial charge in [0, 0.05) is 29.3 Å². The van der Waals surface area contributed by atoms with E-state index in [1.54, 1.807) is 36.4 Å². The van der Waals surface area contributed by atoms with Crippen LogP contribution in [0.25, 0.3) is 0 Å². The van der Waals surface area contributed by atoms with Crippen LogP contribution < -0.4 is 26.6 Å². The van der Waals surface area contributed by atoms with Crippen molar-refractivity contribution in [3.8, 4) is 0 Å². The van der Waals surface area contributed by atoms with Crippen molar-refractivity contribution in [2.45, 2.75) is 72.0 Å². The molecular weight excluding hydrogens is 683 g/mol. The molecule has 0 radical (unpaired) electrons. The Hall–Kier alpha value is -4.24. The van der Waals surface area contributed by atoms with E-state index in [9.17, 15) is 28.8 Å². The number of para-hydroxylation sites is 1. The van der Waals surface area contributed by atoms with Crippen molar-refractivity contribution in [3.63, 3.8) is 0 Å². The Labute approximate surface area is 301 Å². The fourth-order valence-electron chi connectivity index (χ4n) is 4.51. The van der Waals surface area contributed by atoms with Crippen molar-refractivity contribution in [1.29, 1.82) is 0 Å². The second-order valence-corrected chi connectivity index (χ2v) is 15.7. The summed E-state index contributed by atoms with van der Waals surface area (Å²) in [6.45, 7) is 9.56. The number of nitrogens with one attached hydrogen (secondary N) is 5. The Morgan fingerprint density at radius 3 is 1.68 bits per heavy atom. The zero-order valence-corrected chi connectivity index (χ0v) is 31.3. The van der Waals surface area contributed by atoms with Gasteiger partial charge in [0.2, 0.25) is 17.7 Å². The number of carbonyl (C=O) groups is 6. The molecule has 0 aromatic heterocycles. The Morgan fingerprint density at radius 2 is 1.18 bits per heavy atom. The number of esters is 2. The Bertz CT molecular complexity index is 1430. The molecule has 0 heterocycles. The van der Waals surface area contributed by atoms with E-state index in [0.717, 1.165) is 0 Å². The molecular formula is C35H49N5O8S2. The molecule has 0 bridgehead atoms. The van der Waals surface area contributed by atoms with Crippen molar-refractivity contribution in [3.05, 3.63) is 60.2 Å². The lowest BCUT2D eigenvalue weighted by Crippen LogP contribution is -2.53. The third-order valence-electron chi connectivity index (χ3n) is 6.83. The van der Waals surface area contributed by atoms with Gasteiger partial charge in [0.1, 0.15) is 18.1 Å². The summed E-state index contributed by atoms with van der Waals surface area (Å²) in [6, 6.07) is 12.5. The molecule has 0 aliphatic heterocycles. The normalized spacial score (nSPS) is 12.9. The van der Waals surface area contributed by atoms with E-state index in [4.69, 9.17) is 9.47 Å². The number of anilines is 2. The number of methoxy groups -OCH3 is 2. The predicted molar refractivity (Wildman–Crippen MR) is 197 cm³/mol. The lowest BCUT2D eigenvalue weighted by Gasteiger charge is -2.23. The molecule has 15 heteroatoms. The molecule has 0 saturated carbocycles. The first kappa shape index (κ1) is 41.9. The third kappa shape index (κ3) is 16.4. The first-order valence-corrected chi connectivity index (χ1v) is 18.6. The number of rotatable bonds is 18. The van der Waals surface area contributed by atoms with E-state index in [1.807, 2.05) is 52.8 Å². The van der Waals surface area contributed by atoms with Gasteiger partial charge in [0.25, 0.3) is 0 Å². The molecule has 0 saturated heterocycles. The number of hydrogen-bond donors (Lipinski definition) is 5. The molecule has 0 fully saturated rings. The molecule has 2 aromatic carbocycles. The van der Waals surface area contributed by atoms with Crippen molar-refractivity contribution in [1.82, 2.24) is 16.0 Å². The van der Waals surface area contributed by atoms with Crippen LogP contribution in [-0.2, 0) is 39.9 Å². The first-order chi connectivity index (χ1) is 23.6. The van der Waals surface area contributed by atoms with Crippen LogP contribution in [0.5, 0.6) is 0 Å². The minimum absolute atomic E-state index is 0.0149. The van der Waals surface area contributed by atoms with Gasteiger partial charge < -0.3 is 36.1 Å². The van der Waals surface area contributed by atoms with Crippen LogP contribution in [0.15, 0.2) is 54.6 Å². The van der Waals surface area contributed by atoms with Gasteiger partial charge in [-0.25, -0.2) is 14.4 Å². The van der Waals surface area contributed by atoms with E-state index in [-0.39, 0.29) is 41.6 Å². The van der Waals surface area contributed by atoms with Crippen LogP contribution in [0, 0.1) is 11.3 Å². The molecule has 5 N–H and O–H groups in total. The van der Waals surface area contributed by atoms with Crippen molar-refractivity contribution < 1.29 is 38.2 Å². The quantitative estimate of drug-likeness (QED) is 0.0830. The molecule has 13 nitrogen and oxygen atoms in total. The SMILES string of the molecule is COC(=O)C(CSSCC(NC(=O)C(CC(C)C)NC(=O)Cc1ccc(NC(=O)Nc2ccccc2)cc1)C(=O)OC)NC(=O)CC(C)(C)C. The third-order valence-corrected chi connectivity index (χ3v) is 9.26. The number of carbonyl (C=O) groups excluding carboxylic acids is 6. The number of urea groups is 1. The lowest BCUT2D eigenvalue weighted by molar-refractivity contribution is -0.145. The molecule has 0 aliphatic rings. The number of ether oxygens (including phenoxy) is 2. The molecule has 274 valence electrons. The van der Waals surface area contributed by atoms with E-state index in [2.05, 4.69) is 26.6 Å². The molecule has 3 atom stereocenters. The second-order valence-electron chi connectivity index (χ2n) is 13.1. The molecule has 2 rings (SSSR count). The van der Waals surface area contributed by atoms with E-state index < -0.39 is 47.9 Å². The number of benzene rings is 2. The zero-order valence-electron chi connectivity index (χ0n) is 29.6. The summed E-state index contributed by atoms with van der Waals surface area (Å²) < 4.78 is 9.74. The van der Waals surface area contributed by atoms with Crippen LogP contribution in [0.2, 0.25) is 0 Å². The molecule has 5 amide bonds. The largest absolute Gasteiger partial charge is 0.467 e. The van der Waals surface area contributed by atoms with Gasteiger partial charge in [-0.2, -0.15) is 0 Å². The molecule has 2 aromatic rings. The average Bonchev–Trinajstić information content (AvgIpc) is 3.04. The second kappa shape index (κ2) is 21.1. The van der Waals surface area contributed by atoms with Crippen LogP contribution in [-0.4, -0.2) is 79.5 Å². The maximum absolute atomic E-state index is 13.4. The standard InChI is InChI=1S/C35H49N5O8S2/c1-22(2)17-26(38-29(41)18-23-13-15-25(16-14-23)37-34(46)36-24-11-9-8-10-12-24)31(43)40-28(33(45)48-7)21-50-49-20-27(32(44)47-6)39-30(42)19-35(3,4)5/h8-16,22,26-28H,17-21H2,1-7H3,(H,38,41)(H,39,42)(H,40,43)(H2,36,37,46). The maximum Gasteiger partial charge on any atom is 0.329 e. The van der Waals surface area contributed by atoms with Gasteiger partial charge in [-0.1, -0.05) is 86.5 Å². The summed E-state index contributed by atoms with van der Waals surface area (Å²) in [5, 5.41) is 13.6. The minimum atomic E-state index is -1.04. The monoisotopic (exact) mass is 731 g/mol. The van der Waals surface area contributed by atoms with Crippen LogP contribution in [0.4, 0.5) is 16.2 Å². The van der Waals surface area contributed by atoms with Gasteiger partial charge >= 0.3 is 18.0 Å². The summed E-state index contributed by atoms with van der Waals surface area (Å²) in [6.07, 6.45) is 0.531. The summed E-state index contributed by atoms with van der Waals surface area (Å²) >= 11 is 0. The minimum Gasteiger partial charge on any atom is -0.467 e. The average molecular weight is 732 g/mol. The topological polar surface area (TPSA) is 181 Å². The van der Waals surface area contributed by atoms with E-state index in [1.165, 1.54) is 35.8 Å². The van der Waals surface area contributed by atoms with Crippen molar-refractivity contribution in [2.24, 2.45) is 11.3 Å². The fourth-order valence-corrected chi connectivity index (χ4v) is 6.81. The van der Waals surface area contributed by atoms with Crippen LogP contribution in [0.1, 0.15) is 53.0 Å². The Morgan fingerprint density at radius 1 is 0.680 bits per heavy atom. The maximum atomic E-state index is 13.4. The summed E-state index contributed by atoms with van der Waals surface area (Å²) in [7, 11) is 4.89. The highest BCUT2D eigenvalue weighted by molar-refractivity contribution is 8.76. The van der Waals surface area contributed by atoms with Gasteiger partial charge in [-0.15, -0.1) is 0 Å². The van der Waals surface area contributed by atoms with Crippen molar-refractivity contribution >= 4 is 68.7 Å². The number of hydrogen-bond acceptors (Lipinski definition) is 10. The van der Waals surface area contributed by atoms with Gasteiger partial charge in [0.15, 0.2) is 0 Å².